The Labute approximate surface area is 207 Å². The molecule has 2 nitrogen and oxygen atoms in total. The Kier molecular flexibility index (Phi) is 5.68. The third-order valence-corrected chi connectivity index (χ3v) is 12.1. The summed E-state index contributed by atoms with van der Waals surface area (Å²) in [5.74, 6) is 4.75. The normalized spacial score (nSPS) is 44.1. The van der Waals surface area contributed by atoms with Gasteiger partial charge in [0, 0.05) is 11.1 Å². The van der Waals surface area contributed by atoms with E-state index in [1.54, 1.807) is 5.56 Å². The molecule has 5 aliphatic rings. The van der Waals surface area contributed by atoms with Gasteiger partial charge in [0.05, 0.1) is 6.10 Å². The highest BCUT2D eigenvalue weighted by Crippen LogP contribution is 2.63. The minimum atomic E-state index is -0.104. The zero-order valence-corrected chi connectivity index (χ0v) is 22.2. The van der Waals surface area contributed by atoms with Crippen molar-refractivity contribution in [1.29, 1.82) is 0 Å². The van der Waals surface area contributed by atoms with Crippen molar-refractivity contribution in [3.05, 3.63) is 28.3 Å². The third-order valence-electron chi connectivity index (χ3n) is 12.1. The van der Waals surface area contributed by atoms with Gasteiger partial charge in [-0.05, 0) is 128 Å². The van der Waals surface area contributed by atoms with Crippen LogP contribution in [0.25, 0.3) is 0 Å². The highest BCUT2D eigenvalue weighted by molar-refractivity contribution is 5.57. The number of aliphatic hydroxyl groups excluding tert-OH is 1. The molecular formula is C32H48O2. The summed E-state index contributed by atoms with van der Waals surface area (Å²) in [5, 5.41) is 22.8. The standard InChI is InChI=1S/C32H48O2/c1-5-20(3)29-24-9-8-23-22(12-14-31(4)26(23)10-11-28(31)33)25(24)16-27(30(29)34)32-13-6-7-21(18-32)15-19(2)17-32/h16,19-23,26,28,33-34H,5-15,17-18H2,1-4H3/t19?,20?,21?,22-,23+,26-,28-,31-,32?/m0/s1. The maximum absolute atomic E-state index is 12.0. The van der Waals surface area contributed by atoms with Crippen molar-refractivity contribution in [2.45, 2.75) is 135 Å². The van der Waals surface area contributed by atoms with E-state index in [4.69, 9.17) is 0 Å². The lowest BCUT2D eigenvalue weighted by Gasteiger charge is -2.52. The fourth-order valence-corrected chi connectivity index (χ4v) is 10.4. The Bertz CT molecular complexity index is 947. The summed E-state index contributed by atoms with van der Waals surface area (Å²) in [6, 6.07) is 2.57. The van der Waals surface area contributed by atoms with Gasteiger partial charge in [-0.1, -0.05) is 46.6 Å². The van der Waals surface area contributed by atoms with Crippen LogP contribution in [0.1, 0.15) is 139 Å². The second-order valence-electron chi connectivity index (χ2n) is 13.9. The van der Waals surface area contributed by atoms with Gasteiger partial charge in [-0.2, -0.15) is 0 Å². The second kappa shape index (κ2) is 8.25. The van der Waals surface area contributed by atoms with Crippen molar-refractivity contribution in [2.24, 2.45) is 29.1 Å². The first kappa shape index (κ1) is 23.4. The van der Waals surface area contributed by atoms with E-state index < -0.39 is 0 Å². The van der Waals surface area contributed by atoms with Gasteiger partial charge in [-0.25, -0.2) is 0 Å². The van der Waals surface area contributed by atoms with Crippen molar-refractivity contribution in [3.63, 3.8) is 0 Å². The maximum atomic E-state index is 12.0. The molecule has 4 fully saturated rings. The number of hydrogen-bond acceptors (Lipinski definition) is 2. The van der Waals surface area contributed by atoms with Crippen molar-refractivity contribution < 1.29 is 10.2 Å². The first-order valence-corrected chi connectivity index (χ1v) is 14.8. The number of phenols is 1. The minimum Gasteiger partial charge on any atom is -0.507 e. The van der Waals surface area contributed by atoms with E-state index in [1.807, 2.05) is 0 Å². The fourth-order valence-electron chi connectivity index (χ4n) is 10.4. The molecule has 34 heavy (non-hydrogen) atoms. The molecule has 5 aliphatic carbocycles. The average Bonchev–Trinajstić information content (AvgIpc) is 3.12. The quantitative estimate of drug-likeness (QED) is 0.476. The summed E-state index contributed by atoms with van der Waals surface area (Å²) < 4.78 is 0. The molecule has 0 spiro atoms. The van der Waals surface area contributed by atoms with Gasteiger partial charge >= 0.3 is 0 Å². The third kappa shape index (κ3) is 3.29. The number of phenolic OH excluding ortho intramolecular Hbond substituents is 1. The van der Waals surface area contributed by atoms with E-state index in [0.29, 0.717) is 29.4 Å². The van der Waals surface area contributed by atoms with E-state index in [9.17, 15) is 10.2 Å². The highest BCUT2D eigenvalue weighted by atomic mass is 16.3. The van der Waals surface area contributed by atoms with Gasteiger partial charge in [0.25, 0.3) is 0 Å². The summed E-state index contributed by atoms with van der Waals surface area (Å²) >= 11 is 0. The van der Waals surface area contributed by atoms with Crippen molar-refractivity contribution in [2.75, 3.05) is 0 Å². The van der Waals surface area contributed by atoms with E-state index in [2.05, 4.69) is 33.8 Å². The molecule has 0 amide bonds. The first-order valence-electron chi connectivity index (χ1n) is 14.8. The van der Waals surface area contributed by atoms with Crippen LogP contribution in [0.5, 0.6) is 5.75 Å². The Morgan fingerprint density at radius 1 is 1.09 bits per heavy atom. The molecule has 1 aromatic carbocycles. The predicted octanol–water partition coefficient (Wildman–Crippen LogP) is 7.98. The summed E-state index contributed by atoms with van der Waals surface area (Å²) in [4.78, 5) is 0. The summed E-state index contributed by atoms with van der Waals surface area (Å²) in [6.45, 7) is 9.48. The van der Waals surface area contributed by atoms with Crippen LogP contribution >= 0.6 is 0 Å². The van der Waals surface area contributed by atoms with Gasteiger partial charge in [0.15, 0.2) is 0 Å². The molecule has 0 radical (unpaired) electrons. The van der Waals surface area contributed by atoms with Crippen LogP contribution in [0, 0.1) is 29.1 Å². The molecule has 0 saturated heterocycles. The zero-order chi connectivity index (χ0) is 23.8. The number of aromatic hydroxyl groups is 1. The predicted molar refractivity (Wildman–Crippen MR) is 139 cm³/mol. The van der Waals surface area contributed by atoms with Gasteiger partial charge in [0.1, 0.15) is 5.75 Å². The molecule has 0 aliphatic heterocycles. The van der Waals surface area contributed by atoms with Crippen LogP contribution in [0.15, 0.2) is 6.07 Å². The number of aliphatic hydroxyl groups is 1. The van der Waals surface area contributed by atoms with E-state index >= 15 is 0 Å². The first-order chi connectivity index (χ1) is 16.3. The number of rotatable bonds is 3. The molecule has 2 N–H and O–H groups in total. The summed E-state index contributed by atoms with van der Waals surface area (Å²) in [6.07, 6.45) is 15.9. The minimum absolute atomic E-state index is 0.104. The lowest BCUT2D eigenvalue weighted by molar-refractivity contribution is -0.0227. The molecule has 1 aromatic rings. The molecule has 2 heteroatoms. The molecule has 0 heterocycles. The Balaban J connectivity index is 1.48. The highest BCUT2D eigenvalue weighted by Gasteiger charge is 2.55. The molecule has 188 valence electrons. The lowest BCUT2D eigenvalue weighted by atomic mass is 9.53. The topological polar surface area (TPSA) is 40.5 Å². The van der Waals surface area contributed by atoms with Crippen molar-refractivity contribution >= 4 is 0 Å². The van der Waals surface area contributed by atoms with Crippen molar-refractivity contribution in [3.8, 4) is 5.75 Å². The number of benzene rings is 1. The molecule has 9 atom stereocenters. The molecule has 0 aromatic heterocycles. The van der Waals surface area contributed by atoms with Crippen LogP contribution in [0.4, 0.5) is 0 Å². The molecular weight excluding hydrogens is 416 g/mol. The lowest BCUT2D eigenvalue weighted by Crippen LogP contribution is -2.44. The number of hydrogen-bond donors (Lipinski definition) is 2. The van der Waals surface area contributed by atoms with Crippen LogP contribution in [0.3, 0.4) is 0 Å². The molecule has 4 saturated carbocycles. The Morgan fingerprint density at radius 3 is 2.71 bits per heavy atom. The van der Waals surface area contributed by atoms with Crippen LogP contribution < -0.4 is 0 Å². The van der Waals surface area contributed by atoms with Gasteiger partial charge in [0.2, 0.25) is 0 Å². The average molecular weight is 465 g/mol. The largest absolute Gasteiger partial charge is 0.507 e. The maximum Gasteiger partial charge on any atom is 0.123 e. The van der Waals surface area contributed by atoms with E-state index in [1.165, 1.54) is 80.9 Å². The SMILES string of the molecule is CCC(C)c1c(O)c(C23CCCC(CC(C)C2)C3)cc2c1CC[C@@H]1[C@@H]2CC[C@]2(C)[C@@H](O)CC[C@@H]12. The van der Waals surface area contributed by atoms with Crippen LogP contribution in [0.2, 0.25) is 0 Å². The summed E-state index contributed by atoms with van der Waals surface area (Å²) in [7, 11) is 0. The van der Waals surface area contributed by atoms with Crippen molar-refractivity contribution in [1.82, 2.24) is 0 Å². The second-order valence-corrected chi connectivity index (χ2v) is 13.9. The Morgan fingerprint density at radius 2 is 1.91 bits per heavy atom. The zero-order valence-electron chi connectivity index (χ0n) is 22.2. The Hall–Kier alpha value is -1.02. The fraction of sp³-hybridized carbons (Fsp3) is 0.812. The van der Waals surface area contributed by atoms with E-state index in [-0.39, 0.29) is 16.9 Å². The van der Waals surface area contributed by atoms with Gasteiger partial charge in [-0.3, -0.25) is 0 Å². The van der Waals surface area contributed by atoms with Gasteiger partial charge < -0.3 is 10.2 Å². The molecule has 4 unspecified atom stereocenters. The summed E-state index contributed by atoms with van der Waals surface area (Å²) in [5.41, 5.74) is 6.14. The number of fused-ring (bicyclic) bond motifs is 7. The van der Waals surface area contributed by atoms with Gasteiger partial charge in [-0.15, -0.1) is 0 Å². The van der Waals surface area contributed by atoms with Crippen LogP contribution in [-0.2, 0) is 11.8 Å². The molecule has 6 rings (SSSR count). The van der Waals surface area contributed by atoms with E-state index in [0.717, 1.165) is 31.1 Å². The monoisotopic (exact) mass is 464 g/mol. The van der Waals surface area contributed by atoms with Crippen LogP contribution in [-0.4, -0.2) is 16.3 Å². The molecule has 2 bridgehead atoms. The smallest absolute Gasteiger partial charge is 0.123 e.